The molecule has 0 saturated carbocycles. The van der Waals surface area contributed by atoms with Crippen molar-refractivity contribution in [2.75, 3.05) is 12.4 Å². The van der Waals surface area contributed by atoms with Crippen LogP contribution < -0.4 is 5.32 Å². The van der Waals surface area contributed by atoms with Crippen LogP contribution in [0.3, 0.4) is 0 Å². The van der Waals surface area contributed by atoms with Crippen LogP contribution in [0.5, 0.6) is 0 Å². The first-order valence-electron chi connectivity index (χ1n) is 6.33. The van der Waals surface area contributed by atoms with Crippen molar-refractivity contribution in [2.45, 2.75) is 13.3 Å². The van der Waals surface area contributed by atoms with Gasteiger partial charge in [0.2, 0.25) is 5.91 Å². The molecular weight excluding hydrogens is 270 g/mol. The average Bonchev–Trinajstić information content (AvgIpc) is 2.49. The molecule has 108 valence electrons. The topological polar surface area (TPSA) is 81.2 Å². The van der Waals surface area contributed by atoms with Crippen molar-refractivity contribution in [1.82, 2.24) is 9.97 Å². The van der Waals surface area contributed by atoms with E-state index < -0.39 is 5.97 Å². The average molecular weight is 285 g/mol. The second-order valence-electron chi connectivity index (χ2n) is 4.49. The molecular formula is C15H15N3O3. The lowest BCUT2D eigenvalue weighted by Crippen LogP contribution is -2.16. The summed E-state index contributed by atoms with van der Waals surface area (Å²) in [7, 11) is 1.32. The van der Waals surface area contributed by atoms with Crippen LogP contribution in [0.15, 0.2) is 36.9 Å². The van der Waals surface area contributed by atoms with Crippen LogP contribution in [0.2, 0.25) is 0 Å². The Morgan fingerprint density at radius 1 is 1.24 bits per heavy atom. The molecule has 0 spiro atoms. The number of hydrogen-bond acceptors (Lipinski definition) is 5. The van der Waals surface area contributed by atoms with Crippen LogP contribution in [-0.4, -0.2) is 29.0 Å². The minimum absolute atomic E-state index is 0.169. The van der Waals surface area contributed by atoms with Gasteiger partial charge in [0, 0.05) is 18.1 Å². The first-order chi connectivity index (χ1) is 10.1. The van der Waals surface area contributed by atoms with E-state index in [9.17, 15) is 9.59 Å². The molecule has 0 aliphatic rings. The maximum atomic E-state index is 12.0. The van der Waals surface area contributed by atoms with Crippen LogP contribution in [0.1, 0.15) is 21.5 Å². The molecule has 0 atom stereocenters. The van der Waals surface area contributed by atoms with Crippen LogP contribution in [-0.2, 0) is 16.0 Å². The maximum absolute atomic E-state index is 12.0. The van der Waals surface area contributed by atoms with Gasteiger partial charge < -0.3 is 10.1 Å². The van der Waals surface area contributed by atoms with Crippen molar-refractivity contribution in [3.05, 3.63) is 53.6 Å². The number of hydrogen-bond donors (Lipinski definition) is 1. The van der Waals surface area contributed by atoms with Crippen molar-refractivity contribution >= 4 is 17.6 Å². The summed E-state index contributed by atoms with van der Waals surface area (Å²) in [6.07, 6.45) is 4.75. The normalized spacial score (nSPS) is 10.0. The maximum Gasteiger partial charge on any atom is 0.337 e. The third-order valence-electron chi connectivity index (χ3n) is 2.91. The Kier molecular flexibility index (Phi) is 4.61. The van der Waals surface area contributed by atoms with E-state index >= 15 is 0 Å². The first-order valence-corrected chi connectivity index (χ1v) is 6.33. The molecule has 2 aromatic rings. The summed E-state index contributed by atoms with van der Waals surface area (Å²) in [5.41, 5.74) is 2.55. The monoisotopic (exact) mass is 285 g/mol. The molecule has 1 aromatic carbocycles. The Morgan fingerprint density at radius 2 is 1.95 bits per heavy atom. The lowest BCUT2D eigenvalue weighted by Gasteiger charge is -2.10. The second-order valence-corrected chi connectivity index (χ2v) is 4.49. The molecule has 1 heterocycles. The van der Waals surface area contributed by atoms with E-state index in [2.05, 4.69) is 20.0 Å². The van der Waals surface area contributed by atoms with Gasteiger partial charge in [0.05, 0.1) is 19.1 Å². The fraction of sp³-hybridized carbons (Fsp3) is 0.200. The molecule has 0 bridgehead atoms. The van der Waals surface area contributed by atoms with Gasteiger partial charge >= 0.3 is 5.97 Å². The summed E-state index contributed by atoms with van der Waals surface area (Å²) in [5.74, 6) is -0.642. The van der Waals surface area contributed by atoms with Gasteiger partial charge in [0.25, 0.3) is 0 Å². The fourth-order valence-electron chi connectivity index (χ4n) is 1.80. The van der Waals surface area contributed by atoms with Crippen molar-refractivity contribution in [2.24, 2.45) is 0 Å². The molecule has 1 aromatic heterocycles. The Morgan fingerprint density at radius 3 is 2.62 bits per heavy atom. The fourth-order valence-corrected chi connectivity index (χ4v) is 1.80. The van der Waals surface area contributed by atoms with E-state index in [0.717, 1.165) is 11.1 Å². The highest BCUT2D eigenvalue weighted by atomic mass is 16.5. The number of methoxy groups -OCH3 is 1. The standard InChI is InChI=1S/C15H15N3O3/c1-10-3-4-12(15(20)21-2)6-13(10)18-14(19)5-11-7-16-9-17-8-11/h3-4,6-9H,5H2,1-2H3,(H,18,19). The summed E-state index contributed by atoms with van der Waals surface area (Å²) in [4.78, 5) is 31.2. The van der Waals surface area contributed by atoms with Gasteiger partial charge in [0.15, 0.2) is 0 Å². The Bertz CT molecular complexity index is 656. The quantitative estimate of drug-likeness (QED) is 0.866. The van der Waals surface area contributed by atoms with Crippen LogP contribution in [0.25, 0.3) is 0 Å². The van der Waals surface area contributed by atoms with Gasteiger partial charge in [-0.2, -0.15) is 0 Å². The van der Waals surface area contributed by atoms with Crippen LogP contribution >= 0.6 is 0 Å². The lowest BCUT2D eigenvalue weighted by molar-refractivity contribution is -0.115. The third-order valence-corrected chi connectivity index (χ3v) is 2.91. The van der Waals surface area contributed by atoms with Crippen molar-refractivity contribution in [1.29, 1.82) is 0 Å². The largest absolute Gasteiger partial charge is 0.465 e. The smallest absolute Gasteiger partial charge is 0.337 e. The molecule has 0 radical (unpaired) electrons. The summed E-state index contributed by atoms with van der Waals surface area (Å²) < 4.78 is 4.66. The summed E-state index contributed by atoms with van der Waals surface area (Å²) in [6.45, 7) is 1.85. The molecule has 0 fully saturated rings. The second kappa shape index (κ2) is 6.60. The third kappa shape index (κ3) is 3.85. The van der Waals surface area contributed by atoms with Crippen molar-refractivity contribution < 1.29 is 14.3 Å². The highest BCUT2D eigenvalue weighted by Crippen LogP contribution is 2.18. The van der Waals surface area contributed by atoms with Gasteiger partial charge in [-0.15, -0.1) is 0 Å². The molecule has 6 heteroatoms. The Hall–Kier alpha value is -2.76. The molecule has 0 saturated heterocycles. The van der Waals surface area contributed by atoms with Gasteiger partial charge in [-0.25, -0.2) is 14.8 Å². The molecule has 0 aliphatic heterocycles. The zero-order valence-corrected chi connectivity index (χ0v) is 11.8. The molecule has 2 rings (SSSR count). The van der Waals surface area contributed by atoms with Gasteiger partial charge in [-0.1, -0.05) is 6.07 Å². The first kappa shape index (κ1) is 14.6. The summed E-state index contributed by atoms with van der Waals surface area (Å²) in [6, 6.07) is 5.01. The zero-order chi connectivity index (χ0) is 15.2. The molecule has 1 amide bonds. The number of aryl methyl sites for hydroxylation is 1. The van der Waals surface area contributed by atoms with E-state index in [1.807, 2.05) is 6.92 Å². The highest BCUT2D eigenvalue weighted by molar-refractivity contribution is 5.96. The van der Waals surface area contributed by atoms with Gasteiger partial charge in [-0.05, 0) is 30.2 Å². The van der Waals surface area contributed by atoms with Crippen molar-refractivity contribution in [3.63, 3.8) is 0 Å². The number of ether oxygens (including phenoxy) is 1. The number of carbonyl (C=O) groups excluding carboxylic acids is 2. The van der Waals surface area contributed by atoms with E-state index in [0.29, 0.717) is 11.3 Å². The number of anilines is 1. The number of esters is 1. The minimum atomic E-state index is -0.443. The van der Waals surface area contributed by atoms with E-state index in [-0.39, 0.29) is 12.3 Å². The zero-order valence-electron chi connectivity index (χ0n) is 11.8. The minimum Gasteiger partial charge on any atom is -0.465 e. The molecule has 21 heavy (non-hydrogen) atoms. The van der Waals surface area contributed by atoms with Gasteiger partial charge in [-0.3, -0.25) is 4.79 Å². The summed E-state index contributed by atoms with van der Waals surface area (Å²) in [5, 5.41) is 2.78. The Labute approximate surface area is 122 Å². The number of aromatic nitrogens is 2. The van der Waals surface area contributed by atoms with Crippen molar-refractivity contribution in [3.8, 4) is 0 Å². The Balaban J connectivity index is 2.11. The summed E-state index contributed by atoms with van der Waals surface area (Å²) >= 11 is 0. The predicted molar refractivity (Wildman–Crippen MR) is 76.9 cm³/mol. The SMILES string of the molecule is COC(=O)c1ccc(C)c(NC(=O)Cc2cncnc2)c1. The molecule has 1 N–H and O–H groups in total. The molecule has 6 nitrogen and oxygen atoms in total. The molecule has 0 unspecified atom stereocenters. The number of rotatable bonds is 4. The van der Waals surface area contributed by atoms with E-state index in [4.69, 9.17) is 0 Å². The number of carbonyl (C=O) groups is 2. The van der Waals surface area contributed by atoms with E-state index in [1.54, 1.807) is 30.6 Å². The predicted octanol–water partition coefficient (Wildman–Crippen LogP) is 1.75. The molecule has 0 aliphatic carbocycles. The van der Waals surface area contributed by atoms with Gasteiger partial charge in [0.1, 0.15) is 6.33 Å². The van der Waals surface area contributed by atoms with Crippen LogP contribution in [0, 0.1) is 6.92 Å². The number of nitrogens with one attached hydrogen (secondary N) is 1. The van der Waals surface area contributed by atoms with Crippen LogP contribution in [0.4, 0.5) is 5.69 Å². The van der Waals surface area contributed by atoms with E-state index in [1.165, 1.54) is 13.4 Å². The number of nitrogens with zero attached hydrogens (tertiary/aromatic N) is 2. The highest BCUT2D eigenvalue weighted by Gasteiger charge is 2.10. The number of benzene rings is 1. The number of amides is 1. The lowest BCUT2D eigenvalue weighted by atomic mass is 10.1.